The van der Waals surface area contributed by atoms with Crippen LogP contribution in [0.15, 0.2) is 77.7 Å². The van der Waals surface area contributed by atoms with Crippen LogP contribution in [0.2, 0.25) is 0 Å². The monoisotopic (exact) mass is 481 g/mol. The SMILES string of the molecule is CC(C)(C)O[C@@H]1C[C@@H](COCCCc2ccccc2)N(S(=O)(=O)c2ccc3ccccc3c2)C1. The third-order valence-corrected chi connectivity index (χ3v) is 8.00. The average Bonchev–Trinajstić information content (AvgIpc) is 3.21. The molecule has 4 rings (SSSR count). The first-order chi connectivity index (χ1) is 16.2. The van der Waals surface area contributed by atoms with Crippen LogP contribution < -0.4 is 0 Å². The minimum atomic E-state index is -3.68. The molecule has 0 unspecified atom stereocenters. The summed E-state index contributed by atoms with van der Waals surface area (Å²) < 4.78 is 41.1. The molecule has 5 nitrogen and oxygen atoms in total. The molecule has 0 bridgehead atoms. The van der Waals surface area contributed by atoms with Crippen molar-refractivity contribution < 1.29 is 17.9 Å². The van der Waals surface area contributed by atoms with Gasteiger partial charge < -0.3 is 9.47 Å². The van der Waals surface area contributed by atoms with Crippen LogP contribution in [-0.4, -0.2) is 50.2 Å². The summed E-state index contributed by atoms with van der Waals surface area (Å²) in [5.74, 6) is 0. The average molecular weight is 482 g/mol. The molecule has 0 aliphatic carbocycles. The van der Waals surface area contributed by atoms with E-state index in [-0.39, 0.29) is 17.7 Å². The highest BCUT2D eigenvalue weighted by Crippen LogP contribution is 2.31. The van der Waals surface area contributed by atoms with Crippen LogP contribution in [0.25, 0.3) is 10.8 Å². The summed E-state index contributed by atoms with van der Waals surface area (Å²) in [5, 5.41) is 1.94. The van der Waals surface area contributed by atoms with Crippen molar-refractivity contribution in [3.63, 3.8) is 0 Å². The molecule has 1 fully saturated rings. The minimum absolute atomic E-state index is 0.159. The summed E-state index contributed by atoms with van der Waals surface area (Å²) in [5.41, 5.74) is 0.945. The number of hydrogen-bond acceptors (Lipinski definition) is 4. The van der Waals surface area contributed by atoms with Gasteiger partial charge in [-0.05, 0) is 68.5 Å². The van der Waals surface area contributed by atoms with Crippen LogP contribution in [0, 0.1) is 0 Å². The van der Waals surface area contributed by atoms with Gasteiger partial charge in [-0.2, -0.15) is 4.31 Å². The summed E-state index contributed by atoms with van der Waals surface area (Å²) in [6.07, 6.45) is 2.31. The van der Waals surface area contributed by atoms with Gasteiger partial charge in [0.2, 0.25) is 10.0 Å². The van der Waals surface area contributed by atoms with E-state index in [0.717, 1.165) is 23.6 Å². The molecule has 0 saturated carbocycles. The number of benzene rings is 3. The molecule has 182 valence electrons. The first kappa shape index (κ1) is 24.9. The van der Waals surface area contributed by atoms with Crippen molar-refractivity contribution in [3.05, 3.63) is 78.4 Å². The zero-order valence-electron chi connectivity index (χ0n) is 20.3. The summed E-state index contributed by atoms with van der Waals surface area (Å²) in [4.78, 5) is 0.316. The maximum Gasteiger partial charge on any atom is 0.243 e. The number of sulfonamides is 1. The molecular weight excluding hydrogens is 446 g/mol. The molecular formula is C28H35NO4S. The molecule has 1 heterocycles. The second-order valence-corrected chi connectivity index (χ2v) is 11.9. The predicted molar refractivity (Wildman–Crippen MR) is 136 cm³/mol. The molecule has 1 aliphatic heterocycles. The van der Waals surface area contributed by atoms with Gasteiger partial charge in [0, 0.05) is 13.2 Å². The van der Waals surface area contributed by atoms with E-state index in [1.165, 1.54) is 5.56 Å². The van der Waals surface area contributed by atoms with E-state index in [9.17, 15) is 8.42 Å². The Morgan fingerprint density at radius 2 is 1.65 bits per heavy atom. The van der Waals surface area contributed by atoms with Crippen LogP contribution >= 0.6 is 0 Å². The lowest BCUT2D eigenvalue weighted by Gasteiger charge is -2.25. The van der Waals surface area contributed by atoms with Crippen LogP contribution in [0.5, 0.6) is 0 Å². The molecule has 0 amide bonds. The van der Waals surface area contributed by atoms with Crippen molar-refractivity contribution >= 4 is 20.8 Å². The van der Waals surface area contributed by atoms with Gasteiger partial charge in [0.1, 0.15) is 0 Å². The lowest BCUT2D eigenvalue weighted by molar-refractivity contribution is -0.0529. The summed E-state index contributed by atoms with van der Waals surface area (Å²) in [6, 6.07) is 23.2. The van der Waals surface area contributed by atoms with Crippen molar-refractivity contribution in [2.45, 2.75) is 62.7 Å². The number of ether oxygens (including phenoxy) is 2. The molecule has 0 aromatic heterocycles. The van der Waals surface area contributed by atoms with Crippen LogP contribution in [-0.2, 0) is 25.9 Å². The Balaban J connectivity index is 1.46. The largest absolute Gasteiger partial charge is 0.380 e. The van der Waals surface area contributed by atoms with Crippen LogP contribution in [0.3, 0.4) is 0 Å². The third kappa shape index (κ3) is 6.25. The van der Waals surface area contributed by atoms with Crippen molar-refractivity contribution in [2.75, 3.05) is 19.8 Å². The van der Waals surface area contributed by atoms with Crippen LogP contribution in [0.1, 0.15) is 39.2 Å². The quantitative estimate of drug-likeness (QED) is 0.382. The molecule has 34 heavy (non-hydrogen) atoms. The second-order valence-electron chi connectivity index (χ2n) is 9.99. The van der Waals surface area contributed by atoms with Crippen molar-refractivity contribution in [2.24, 2.45) is 0 Å². The van der Waals surface area contributed by atoms with E-state index in [1.807, 2.05) is 69.3 Å². The molecule has 6 heteroatoms. The zero-order valence-corrected chi connectivity index (χ0v) is 21.1. The molecule has 2 atom stereocenters. The summed E-state index contributed by atoms with van der Waals surface area (Å²) in [7, 11) is -3.68. The number of aryl methyl sites for hydroxylation is 1. The number of rotatable bonds is 9. The van der Waals surface area contributed by atoms with Crippen LogP contribution in [0.4, 0.5) is 0 Å². The Bertz CT molecular complexity index is 1190. The first-order valence-electron chi connectivity index (χ1n) is 12.0. The Morgan fingerprint density at radius 3 is 2.38 bits per heavy atom. The Morgan fingerprint density at radius 1 is 0.941 bits per heavy atom. The maximum atomic E-state index is 13.7. The topological polar surface area (TPSA) is 55.8 Å². The van der Waals surface area contributed by atoms with Gasteiger partial charge in [-0.3, -0.25) is 0 Å². The Hall–Kier alpha value is -2.25. The number of fused-ring (bicyclic) bond motifs is 1. The van der Waals surface area contributed by atoms with Gasteiger partial charge >= 0.3 is 0 Å². The molecule has 3 aromatic rings. The molecule has 0 radical (unpaired) electrons. The predicted octanol–water partition coefficient (Wildman–Crippen LogP) is 5.44. The second kappa shape index (κ2) is 10.6. The lowest BCUT2D eigenvalue weighted by atomic mass is 10.1. The summed E-state index contributed by atoms with van der Waals surface area (Å²) >= 11 is 0. The molecule has 0 N–H and O–H groups in total. The van der Waals surface area contributed by atoms with E-state index in [2.05, 4.69) is 12.1 Å². The highest BCUT2D eigenvalue weighted by atomic mass is 32.2. The van der Waals surface area contributed by atoms with E-state index in [1.54, 1.807) is 16.4 Å². The highest BCUT2D eigenvalue weighted by Gasteiger charge is 2.42. The smallest absolute Gasteiger partial charge is 0.243 e. The van der Waals surface area contributed by atoms with Crippen molar-refractivity contribution in [1.82, 2.24) is 4.31 Å². The van der Waals surface area contributed by atoms with Gasteiger partial charge in [-0.15, -0.1) is 0 Å². The normalized spacial score (nSPS) is 19.6. The number of hydrogen-bond donors (Lipinski definition) is 0. The molecule has 0 spiro atoms. The minimum Gasteiger partial charge on any atom is -0.380 e. The lowest BCUT2D eigenvalue weighted by Crippen LogP contribution is -2.39. The Kier molecular flexibility index (Phi) is 7.73. The van der Waals surface area contributed by atoms with E-state index < -0.39 is 10.0 Å². The summed E-state index contributed by atoms with van der Waals surface area (Å²) in [6.45, 7) is 7.31. The van der Waals surface area contributed by atoms with Crippen molar-refractivity contribution in [3.8, 4) is 0 Å². The zero-order chi connectivity index (χ0) is 24.2. The number of nitrogens with zero attached hydrogens (tertiary/aromatic N) is 1. The molecule has 1 aliphatic rings. The first-order valence-corrected chi connectivity index (χ1v) is 13.5. The molecule has 3 aromatic carbocycles. The van der Waals surface area contributed by atoms with E-state index in [4.69, 9.17) is 9.47 Å². The fourth-order valence-corrected chi connectivity index (χ4v) is 6.27. The highest BCUT2D eigenvalue weighted by molar-refractivity contribution is 7.89. The molecule has 1 saturated heterocycles. The van der Waals surface area contributed by atoms with Gasteiger partial charge in [0.15, 0.2) is 0 Å². The van der Waals surface area contributed by atoms with Gasteiger partial charge in [-0.25, -0.2) is 8.42 Å². The van der Waals surface area contributed by atoms with E-state index >= 15 is 0 Å². The van der Waals surface area contributed by atoms with Gasteiger partial charge in [-0.1, -0.05) is 60.7 Å². The standard InChI is InChI=1S/C28H35NO4S/c1-28(2,3)33-26-19-25(21-32-17-9-12-22-10-5-4-6-11-22)29(20-26)34(30,31)27-16-15-23-13-7-8-14-24(23)18-27/h4-8,10-11,13-16,18,25-26H,9,12,17,19-21H2,1-3H3/t25-,26+/m0/s1. The third-order valence-electron chi connectivity index (χ3n) is 6.08. The fourth-order valence-electron chi connectivity index (χ4n) is 4.58. The van der Waals surface area contributed by atoms with E-state index in [0.29, 0.717) is 31.1 Å². The van der Waals surface area contributed by atoms with Crippen molar-refractivity contribution in [1.29, 1.82) is 0 Å². The van der Waals surface area contributed by atoms with Gasteiger partial charge in [0.25, 0.3) is 0 Å². The van der Waals surface area contributed by atoms with Gasteiger partial charge in [0.05, 0.1) is 29.2 Å². The maximum absolute atomic E-state index is 13.7. The fraction of sp³-hybridized carbons (Fsp3) is 0.429. The Labute approximate surface area is 203 Å².